The maximum atomic E-state index is 12.6. The third-order valence-corrected chi connectivity index (χ3v) is 4.41. The van der Waals surface area contributed by atoms with E-state index in [1.54, 1.807) is 24.3 Å². The molecule has 1 fully saturated rings. The molecule has 2 unspecified atom stereocenters. The van der Waals surface area contributed by atoms with Crippen LogP contribution in [0.4, 0.5) is 5.69 Å². The Hall–Kier alpha value is -2.11. The first-order valence-corrected chi connectivity index (χ1v) is 8.57. The molecule has 0 saturated heterocycles. The van der Waals surface area contributed by atoms with Crippen LogP contribution in [0.3, 0.4) is 0 Å². The van der Waals surface area contributed by atoms with Gasteiger partial charge in [0.1, 0.15) is 11.2 Å². The van der Waals surface area contributed by atoms with E-state index in [2.05, 4.69) is 19.2 Å². The molecule has 2 rings (SSSR count). The van der Waals surface area contributed by atoms with Gasteiger partial charge in [0, 0.05) is 17.0 Å². The van der Waals surface area contributed by atoms with Crippen molar-refractivity contribution >= 4 is 11.6 Å². The lowest BCUT2D eigenvalue weighted by Gasteiger charge is -2.15. The van der Waals surface area contributed by atoms with Crippen LogP contribution in [-0.4, -0.2) is 23.5 Å². The summed E-state index contributed by atoms with van der Waals surface area (Å²) in [7, 11) is 0. The topological polar surface area (TPSA) is 81.5 Å². The second-order valence-electron chi connectivity index (χ2n) is 6.95. The Kier molecular flexibility index (Phi) is 5.80. The van der Waals surface area contributed by atoms with Crippen molar-refractivity contribution in [1.82, 2.24) is 0 Å². The first-order valence-electron chi connectivity index (χ1n) is 8.57. The predicted molar refractivity (Wildman–Crippen MR) is 92.8 cm³/mol. The Morgan fingerprint density at radius 1 is 1.42 bits per heavy atom. The molecule has 132 valence electrons. The highest BCUT2D eigenvalue weighted by Crippen LogP contribution is 2.52. The highest BCUT2D eigenvalue weighted by molar-refractivity contribution is 5.98. The molecule has 0 bridgehead atoms. The van der Waals surface area contributed by atoms with E-state index in [-0.39, 0.29) is 10.8 Å². The van der Waals surface area contributed by atoms with Gasteiger partial charge in [-0.25, -0.2) is 0 Å². The summed E-state index contributed by atoms with van der Waals surface area (Å²) >= 11 is 0. The van der Waals surface area contributed by atoms with Gasteiger partial charge >= 0.3 is 0 Å². The van der Waals surface area contributed by atoms with Gasteiger partial charge in [-0.3, -0.25) is 14.9 Å². The van der Waals surface area contributed by atoms with Crippen molar-refractivity contribution in [2.75, 3.05) is 11.9 Å². The zero-order valence-electron chi connectivity index (χ0n) is 14.6. The zero-order chi connectivity index (χ0) is 17.7. The van der Waals surface area contributed by atoms with Gasteiger partial charge < -0.3 is 10.1 Å². The Balaban J connectivity index is 1.98. The molecule has 1 aromatic rings. The lowest BCUT2D eigenvalue weighted by atomic mass is 9.97. The Bertz CT molecular complexity index is 585. The van der Waals surface area contributed by atoms with Gasteiger partial charge in [-0.15, -0.1) is 0 Å². The molecule has 6 nitrogen and oxygen atoms in total. The van der Waals surface area contributed by atoms with Crippen LogP contribution < -0.4 is 10.1 Å². The number of nitro groups is 1. The fourth-order valence-corrected chi connectivity index (χ4v) is 2.83. The van der Waals surface area contributed by atoms with Crippen LogP contribution in [0.5, 0.6) is 5.75 Å². The number of rotatable bonds is 9. The quantitative estimate of drug-likeness (QED) is 0.549. The number of carbonyl (C=O) groups excluding carboxylic acids is 1. The molecule has 6 heteroatoms. The SMILES string of the molecule is CCCCC1(C(=O)Nc2ccc(OCC(C)C)cc2)CC1[N+](=O)[O-]. The van der Waals surface area contributed by atoms with Crippen molar-refractivity contribution in [1.29, 1.82) is 0 Å². The van der Waals surface area contributed by atoms with Crippen LogP contribution in [-0.2, 0) is 4.79 Å². The normalized spacial score (nSPS) is 22.2. The van der Waals surface area contributed by atoms with E-state index < -0.39 is 11.5 Å². The van der Waals surface area contributed by atoms with Crippen molar-refractivity contribution in [3.63, 3.8) is 0 Å². The molecule has 0 heterocycles. The van der Waals surface area contributed by atoms with Crippen molar-refractivity contribution < 1.29 is 14.5 Å². The predicted octanol–water partition coefficient (Wildman–Crippen LogP) is 3.89. The van der Waals surface area contributed by atoms with Crippen molar-refractivity contribution in [2.45, 2.75) is 52.5 Å². The summed E-state index contributed by atoms with van der Waals surface area (Å²) < 4.78 is 5.61. The zero-order valence-corrected chi connectivity index (χ0v) is 14.6. The second kappa shape index (κ2) is 7.64. The molecule has 24 heavy (non-hydrogen) atoms. The monoisotopic (exact) mass is 334 g/mol. The van der Waals surface area contributed by atoms with E-state index in [1.807, 2.05) is 6.92 Å². The van der Waals surface area contributed by atoms with Crippen molar-refractivity contribution in [2.24, 2.45) is 11.3 Å². The highest BCUT2D eigenvalue weighted by atomic mass is 16.6. The van der Waals surface area contributed by atoms with Crippen LogP contribution in [0.1, 0.15) is 46.5 Å². The summed E-state index contributed by atoms with van der Waals surface area (Å²) in [4.78, 5) is 23.3. The molecule has 1 N–H and O–H groups in total. The third-order valence-electron chi connectivity index (χ3n) is 4.41. The lowest BCUT2D eigenvalue weighted by molar-refractivity contribution is -0.501. The number of ether oxygens (including phenoxy) is 1. The molecule has 0 spiro atoms. The largest absolute Gasteiger partial charge is 0.493 e. The summed E-state index contributed by atoms with van der Waals surface area (Å²) in [6, 6.07) is 6.39. The lowest BCUT2D eigenvalue weighted by Crippen LogP contribution is -2.29. The number of unbranched alkanes of at least 4 members (excludes halogenated alkanes) is 1. The fourth-order valence-electron chi connectivity index (χ4n) is 2.83. The molecular weight excluding hydrogens is 308 g/mol. The Morgan fingerprint density at radius 2 is 2.08 bits per heavy atom. The van der Waals surface area contributed by atoms with Crippen LogP contribution >= 0.6 is 0 Å². The molecule has 1 aliphatic carbocycles. The number of hydrogen-bond donors (Lipinski definition) is 1. The van der Waals surface area contributed by atoms with Crippen LogP contribution in [0.15, 0.2) is 24.3 Å². The smallest absolute Gasteiger partial charge is 0.237 e. The molecule has 2 atom stereocenters. The minimum Gasteiger partial charge on any atom is -0.493 e. The second-order valence-corrected chi connectivity index (χ2v) is 6.95. The summed E-state index contributed by atoms with van der Waals surface area (Å²) in [5.74, 6) is 0.946. The molecular formula is C18H26N2O4. The minimum atomic E-state index is -0.841. The van der Waals surface area contributed by atoms with Crippen molar-refractivity contribution in [3.8, 4) is 5.75 Å². The summed E-state index contributed by atoms with van der Waals surface area (Å²) in [5.41, 5.74) is -0.200. The molecule has 0 radical (unpaired) electrons. The summed E-state index contributed by atoms with van der Waals surface area (Å²) in [6.07, 6.45) is 2.64. The van der Waals surface area contributed by atoms with Gasteiger partial charge in [0.05, 0.1) is 6.61 Å². The average Bonchev–Trinajstić information content (AvgIpc) is 3.28. The van der Waals surface area contributed by atoms with E-state index >= 15 is 0 Å². The number of benzene rings is 1. The minimum absolute atomic E-state index is 0.242. The van der Waals surface area contributed by atoms with Gasteiger partial charge in [0.15, 0.2) is 0 Å². The molecule has 0 aliphatic heterocycles. The van der Waals surface area contributed by atoms with Crippen LogP contribution in [0.2, 0.25) is 0 Å². The van der Waals surface area contributed by atoms with E-state index in [0.29, 0.717) is 31.1 Å². The first kappa shape index (κ1) is 18.2. The summed E-state index contributed by atoms with van der Waals surface area (Å²) in [5, 5.41) is 13.9. The molecule has 1 aliphatic rings. The van der Waals surface area contributed by atoms with Gasteiger partial charge in [0.25, 0.3) is 0 Å². The molecule has 1 aromatic carbocycles. The van der Waals surface area contributed by atoms with E-state index in [4.69, 9.17) is 4.74 Å². The van der Waals surface area contributed by atoms with Gasteiger partial charge in [-0.1, -0.05) is 33.6 Å². The average molecular weight is 334 g/mol. The van der Waals surface area contributed by atoms with Gasteiger partial charge in [-0.05, 0) is 36.6 Å². The van der Waals surface area contributed by atoms with Gasteiger partial charge in [-0.2, -0.15) is 0 Å². The van der Waals surface area contributed by atoms with Crippen LogP contribution in [0, 0.1) is 21.4 Å². The number of hydrogen-bond acceptors (Lipinski definition) is 4. The molecule has 1 amide bonds. The highest BCUT2D eigenvalue weighted by Gasteiger charge is 2.68. The van der Waals surface area contributed by atoms with Crippen molar-refractivity contribution in [3.05, 3.63) is 34.4 Å². The maximum absolute atomic E-state index is 12.6. The standard InChI is InChI=1S/C18H26N2O4/c1-4-5-10-18(11-16(18)20(22)23)17(21)19-14-6-8-15(9-7-14)24-12-13(2)3/h6-9,13,16H,4-5,10-12H2,1-3H3,(H,19,21). The number of anilines is 1. The molecule has 0 aromatic heterocycles. The Labute approximate surface area is 142 Å². The van der Waals surface area contributed by atoms with E-state index in [0.717, 1.165) is 18.6 Å². The van der Waals surface area contributed by atoms with E-state index in [1.165, 1.54) is 0 Å². The van der Waals surface area contributed by atoms with E-state index in [9.17, 15) is 14.9 Å². The number of amides is 1. The molecule has 1 saturated carbocycles. The van der Waals surface area contributed by atoms with Crippen LogP contribution in [0.25, 0.3) is 0 Å². The first-order chi connectivity index (χ1) is 11.4. The van der Waals surface area contributed by atoms with Gasteiger partial charge in [0.2, 0.25) is 11.9 Å². The summed E-state index contributed by atoms with van der Waals surface area (Å²) in [6.45, 7) is 6.80. The number of nitrogens with one attached hydrogen (secondary N) is 1. The number of nitrogens with zero attached hydrogens (tertiary/aromatic N) is 1. The maximum Gasteiger partial charge on any atom is 0.237 e. The fraction of sp³-hybridized carbons (Fsp3) is 0.611. The Morgan fingerprint density at radius 3 is 2.58 bits per heavy atom. The third kappa shape index (κ3) is 4.24. The number of carbonyl (C=O) groups is 1.